The van der Waals surface area contributed by atoms with Gasteiger partial charge in [-0.2, -0.15) is 0 Å². The van der Waals surface area contributed by atoms with E-state index in [9.17, 15) is 9.18 Å². The van der Waals surface area contributed by atoms with Crippen LogP contribution in [0.3, 0.4) is 0 Å². The summed E-state index contributed by atoms with van der Waals surface area (Å²) in [6, 6.07) is 12.3. The SMILES string of the molecule is CCN(C(=O)CN(C)C(c1cccc(F)c1)c1ccccn1)C1CC1. The summed E-state index contributed by atoms with van der Waals surface area (Å²) in [5, 5.41) is 0. The quantitative estimate of drug-likeness (QED) is 0.776. The Hall–Kier alpha value is -2.27. The van der Waals surface area contributed by atoms with Crippen LogP contribution in [0.4, 0.5) is 4.39 Å². The number of aromatic nitrogens is 1. The summed E-state index contributed by atoms with van der Waals surface area (Å²) in [5.41, 5.74) is 1.60. The summed E-state index contributed by atoms with van der Waals surface area (Å²) in [4.78, 5) is 21.0. The van der Waals surface area contributed by atoms with E-state index in [1.54, 1.807) is 12.3 Å². The van der Waals surface area contributed by atoms with E-state index in [1.165, 1.54) is 12.1 Å². The molecule has 0 spiro atoms. The van der Waals surface area contributed by atoms with Gasteiger partial charge in [-0.1, -0.05) is 18.2 Å². The highest BCUT2D eigenvalue weighted by molar-refractivity contribution is 5.79. The van der Waals surface area contributed by atoms with Gasteiger partial charge in [0.1, 0.15) is 5.82 Å². The average molecular weight is 341 g/mol. The molecule has 1 aliphatic rings. The third-order valence-electron chi connectivity index (χ3n) is 4.61. The molecule has 2 aromatic rings. The fourth-order valence-electron chi connectivity index (χ4n) is 3.29. The van der Waals surface area contributed by atoms with Gasteiger partial charge in [-0.3, -0.25) is 14.7 Å². The lowest BCUT2D eigenvalue weighted by atomic mass is 10.0. The van der Waals surface area contributed by atoms with Crippen molar-refractivity contribution in [2.45, 2.75) is 31.8 Å². The van der Waals surface area contributed by atoms with Crippen LogP contribution in [-0.2, 0) is 4.79 Å². The number of hydrogen-bond donors (Lipinski definition) is 0. The van der Waals surface area contributed by atoms with Gasteiger partial charge in [0.25, 0.3) is 0 Å². The van der Waals surface area contributed by atoms with E-state index >= 15 is 0 Å². The number of nitrogens with zero attached hydrogens (tertiary/aromatic N) is 3. The van der Waals surface area contributed by atoms with Crippen LogP contribution in [0.2, 0.25) is 0 Å². The van der Waals surface area contributed by atoms with E-state index in [4.69, 9.17) is 0 Å². The Labute approximate surface area is 148 Å². The van der Waals surface area contributed by atoms with Crippen LogP contribution in [-0.4, -0.2) is 46.9 Å². The van der Waals surface area contributed by atoms with Crippen LogP contribution in [0.15, 0.2) is 48.7 Å². The molecule has 1 atom stereocenters. The number of amides is 1. The molecule has 0 aliphatic heterocycles. The number of benzene rings is 1. The first-order chi connectivity index (χ1) is 12.1. The van der Waals surface area contributed by atoms with Gasteiger partial charge in [0, 0.05) is 18.8 Å². The fraction of sp³-hybridized carbons (Fsp3) is 0.400. The molecule has 1 aliphatic carbocycles. The molecule has 1 unspecified atom stereocenters. The molecule has 0 saturated heterocycles. The Bertz CT molecular complexity index is 718. The molecule has 0 bridgehead atoms. The van der Waals surface area contributed by atoms with Crippen LogP contribution in [0, 0.1) is 5.82 Å². The molecule has 1 aromatic heterocycles. The second-order valence-corrected chi connectivity index (χ2v) is 6.54. The molecule has 0 radical (unpaired) electrons. The summed E-state index contributed by atoms with van der Waals surface area (Å²) in [6.45, 7) is 3.02. The monoisotopic (exact) mass is 341 g/mol. The zero-order chi connectivity index (χ0) is 17.8. The van der Waals surface area contributed by atoms with Crippen molar-refractivity contribution in [2.24, 2.45) is 0 Å². The van der Waals surface area contributed by atoms with Gasteiger partial charge in [-0.15, -0.1) is 0 Å². The highest BCUT2D eigenvalue weighted by Gasteiger charge is 2.32. The minimum atomic E-state index is -0.286. The maximum Gasteiger partial charge on any atom is 0.237 e. The van der Waals surface area contributed by atoms with Gasteiger partial charge in [0.05, 0.1) is 18.3 Å². The molecule has 5 heteroatoms. The summed E-state index contributed by atoms with van der Waals surface area (Å²) >= 11 is 0. The predicted octanol–water partition coefficient (Wildman–Crippen LogP) is 3.25. The summed E-state index contributed by atoms with van der Waals surface area (Å²) in [5.74, 6) is -0.170. The van der Waals surface area contributed by atoms with Crippen molar-refractivity contribution in [3.63, 3.8) is 0 Å². The number of pyridine rings is 1. The minimum absolute atomic E-state index is 0.116. The van der Waals surface area contributed by atoms with Gasteiger partial charge >= 0.3 is 0 Å². The van der Waals surface area contributed by atoms with Crippen LogP contribution in [0.25, 0.3) is 0 Å². The number of likely N-dealkylation sites (N-methyl/N-ethyl adjacent to an activating group) is 2. The normalized spacial score (nSPS) is 15.2. The lowest BCUT2D eigenvalue weighted by Crippen LogP contribution is -2.41. The molecule has 25 heavy (non-hydrogen) atoms. The largest absolute Gasteiger partial charge is 0.339 e. The molecule has 1 amide bonds. The highest BCUT2D eigenvalue weighted by atomic mass is 19.1. The topological polar surface area (TPSA) is 36.4 Å². The molecule has 132 valence electrons. The van der Waals surface area contributed by atoms with E-state index < -0.39 is 0 Å². The van der Waals surface area contributed by atoms with Gasteiger partial charge in [0.2, 0.25) is 5.91 Å². The molecule has 1 aromatic carbocycles. The average Bonchev–Trinajstić information content (AvgIpc) is 3.42. The van der Waals surface area contributed by atoms with Crippen molar-refractivity contribution < 1.29 is 9.18 Å². The first-order valence-corrected chi connectivity index (χ1v) is 8.76. The standard InChI is InChI=1S/C20H24FN3O/c1-3-24(17-10-11-17)19(25)14-23(2)20(18-9-4-5-12-22-18)15-7-6-8-16(21)13-15/h4-9,12-13,17,20H,3,10-11,14H2,1-2H3. The number of carbonyl (C=O) groups is 1. The van der Waals surface area contributed by atoms with Gasteiger partial charge in [0.15, 0.2) is 0 Å². The molecule has 4 nitrogen and oxygen atoms in total. The molecule has 3 rings (SSSR count). The maximum atomic E-state index is 13.8. The molecule has 1 heterocycles. The van der Waals surface area contributed by atoms with E-state index in [-0.39, 0.29) is 24.3 Å². The molecule has 0 N–H and O–H groups in total. The molecule has 1 fully saturated rings. The Morgan fingerprint density at radius 1 is 1.28 bits per heavy atom. The van der Waals surface area contributed by atoms with E-state index in [1.807, 2.05) is 48.0 Å². The number of rotatable bonds is 7. The number of halogens is 1. The maximum absolute atomic E-state index is 13.8. The molecular formula is C20H24FN3O. The van der Waals surface area contributed by atoms with E-state index in [2.05, 4.69) is 4.98 Å². The summed E-state index contributed by atoms with van der Waals surface area (Å²) in [6.07, 6.45) is 3.91. The van der Waals surface area contributed by atoms with Crippen molar-refractivity contribution in [2.75, 3.05) is 20.1 Å². The zero-order valence-electron chi connectivity index (χ0n) is 14.7. The van der Waals surface area contributed by atoms with Crippen molar-refractivity contribution in [3.05, 3.63) is 65.7 Å². The highest BCUT2D eigenvalue weighted by Crippen LogP contribution is 2.29. The van der Waals surface area contributed by atoms with Gasteiger partial charge in [-0.25, -0.2) is 4.39 Å². The number of hydrogen-bond acceptors (Lipinski definition) is 3. The number of carbonyl (C=O) groups excluding carboxylic acids is 1. The van der Waals surface area contributed by atoms with Crippen LogP contribution in [0.5, 0.6) is 0 Å². The second kappa shape index (κ2) is 7.74. The predicted molar refractivity (Wildman–Crippen MR) is 95.5 cm³/mol. The summed E-state index contributed by atoms with van der Waals surface area (Å²) < 4.78 is 13.8. The Balaban J connectivity index is 1.84. The first-order valence-electron chi connectivity index (χ1n) is 8.76. The fourth-order valence-corrected chi connectivity index (χ4v) is 3.29. The molecular weight excluding hydrogens is 317 g/mol. The van der Waals surface area contributed by atoms with E-state index in [0.29, 0.717) is 6.04 Å². The van der Waals surface area contributed by atoms with Gasteiger partial charge < -0.3 is 4.90 Å². The van der Waals surface area contributed by atoms with Crippen molar-refractivity contribution >= 4 is 5.91 Å². The van der Waals surface area contributed by atoms with E-state index in [0.717, 1.165) is 30.6 Å². The second-order valence-electron chi connectivity index (χ2n) is 6.54. The smallest absolute Gasteiger partial charge is 0.237 e. The Morgan fingerprint density at radius 2 is 2.08 bits per heavy atom. The lowest BCUT2D eigenvalue weighted by molar-refractivity contribution is -0.132. The third-order valence-corrected chi connectivity index (χ3v) is 4.61. The van der Waals surface area contributed by atoms with Crippen LogP contribution in [0.1, 0.15) is 37.1 Å². The lowest BCUT2D eigenvalue weighted by Gasteiger charge is -2.30. The first kappa shape index (κ1) is 17.5. The van der Waals surface area contributed by atoms with Gasteiger partial charge in [-0.05, 0) is 56.6 Å². The Morgan fingerprint density at radius 3 is 2.68 bits per heavy atom. The molecule has 1 saturated carbocycles. The minimum Gasteiger partial charge on any atom is -0.339 e. The summed E-state index contributed by atoms with van der Waals surface area (Å²) in [7, 11) is 1.89. The van der Waals surface area contributed by atoms with Crippen molar-refractivity contribution in [1.82, 2.24) is 14.8 Å². The van der Waals surface area contributed by atoms with Crippen LogP contribution < -0.4 is 0 Å². The van der Waals surface area contributed by atoms with Crippen molar-refractivity contribution in [1.29, 1.82) is 0 Å². The van der Waals surface area contributed by atoms with Crippen molar-refractivity contribution in [3.8, 4) is 0 Å². The van der Waals surface area contributed by atoms with Crippen LogP contribution >= 0.6 is 0 Å². The third kappa shape index (κ3) is 4.23. The Kier molecular flexibility index (Phi) is 5.43. The zero-order valence-corrected chi connectivity index (χ0v) is 14.7.